The fourth-order valence-electron chi connectivity index (χ4n) is 1.13. The number of nitrogens with one attached hydrogen (secondary N) is 1. The number of pyridine rings is 1. The van der Waals surface area contributed by atoms with Crippen molar-refractivity contribution in [1.29, 1.82) is 0 Å². The molecule has 0 fully saturated rings. The van der Waals surface area contributed by atoms with Gasteiger partial charge in [0.25, 0.3) is 5.91 Å². The quantitative estimate of drug-likeness (QED) is 0.846. The molecule has 0 spiro atoms. The molecule has 6 heteroatoms. The van der Waals surface area contributed by atoms with Crippen molar-refractivity contribution in [2.75, 3.05) is 20.6 Å². The van der Waals surface area contributed by atoms with Crippen LogP contribution in [0.25, 0.3) is 0 Å². The van der Waals surface area contributed by atoms with Crippen LogP contribution in [0.5, 0.6) is 0 Å². The lowest BCUT2D eigenvalue weighted by atomic mass is 10.3. The van der Waals surface area contributed by atoms with E-state index in [1.165, 1.54) is 4.90 Å². The summed E-state index contributed by atoms with van der Waals surface area (Å²) in [6.07, 6.45) is 0.284. The van der Waals surface area contributed by atoms with Gasteiger partial charge in [0, 0.05) is 27.1 Å². The third kappa shape index (κ3) is 4.52. The Labute approximate surface area is 108 Å². The van der Waals surface area contributed by atoms with E-state index in [4.69, 9.17) is 0 Å². The molecule has 0 aliphatic carbocycles. The third-order valence-electron chi connectivity index (χ3n) is 2.07. The van der Waals surface area contributed by atoms with E-state index in [1.54, 1.807) is 32.3 Å². The van der Waals surface area contributed by atoms with E-state index in [1.807, 2.05) is 0 Å². The summed E-state index contributed by atoms with van der Waals surface area (Å²) >= 11 is 3.19. The molecule has 0 atom stereocenters. The van der Waals surface area contributed by atoms with Crippen molar-refractivity contribution in [3.63, 3.8) is 0 Å². The molecular weight excluding hydrogens is 286 g/mol. The van der Waals surface area contributed by atoms with Crippen LogP contribution in [-0.4, -0.2) is 42.3 Å². The van der Waals surface area contributed by atoms with Crippen LogP contribution in [-0.2, 0) is 4.79 Å². The highest BCUT2D eigenvalue weighted by atomic mass is 79.9. The predicted molar refractivity (Wildman–Crippen MR) is 67.6 cm³/mol. The van der Waals surface area contributed by atoms with Crippen LogP contribution in [0.15, 0.2) is 22.8 Å². The van der Waals surface area contributed by atoms with E-state index in [2.05, 4.69) is 26.2 Å². The Bertz CT molecular complexity index is 421. The fraction of sp³-hybridized carbons (Fsp3) is 0.364. The summed E-state index contributed by atoms with van der Waals surface area (Å²) in [6, 6.07) is 5.09. The van der Waals surface area contributed by atoms with Crippen LogP contribution in [0.3, 0.4) is 0 Å². The van der Waals surface area contributed by atoms with Gasteiger partial charge in [0.2, 0.25) is 5.91 Å². The zero-order chi connectivity index (χ0) is 12.8. The van der Waals surface area contributed by atoms with Crippen molar-refractivity contribution in [2.45, 2.75) is 6.42 Å². The summed E-state index contributed by atoms with van der Waals surface area (Å²) in [5.74, 6) is -0.301. The van der Waals surface area contributed by atoms with Gasteiger partial charge in [0.05, 0.1) is 0 Å². The zero-order valence-electron chi connectivity index (χ0n) is 9.74. The molecule has 17 heavy (non-hydrogen) atoms. The van der Waals surface area contributed by atoms with Gasteiger partial charge in [0.15, 0.2) is 0 Å². The Hall–Kier alpha value is -1.43. The lowest BCUT2D eigenvalue weighted by Crippen LogP contribution is -2.30. The molecule has 1 rings (SSSR count). The van der Waals surface area contributed by atoms with Crippen LogP contribution < -0.4 is 5.32 Å². The minimum absolute atomic E-state index is 0.0208. The Morgan fingerprint density at radius 3 is 2.71 bits per heavy atom. The number of amides is 2. The molecule has 2 amide bonds. The van der Waals surface area contributed by atoms with Crippen molar-refractivity contribution in [2.24, 2.45) is 0 Å². The molecule has 1 aromatic heterocycles. The van der Waals surface area contributed by atoms with Crippen LogP contribution >= 0.6 is 15.9 Å². The number of carbonyl (C=O) groups is 2. The maximum absolute atomic E-state index is 11.6. The van der Waals surface area contributed by atoms with Crippen LogP contribution in [0.2, 0.25) is 0 Å². The zero-order valence-corrected chi connectivity index (χ0v) is 11.3. The Morgan fingerprint density at radius 2 is 2.12 bits per heavy atom. The van der Waals surface area contributed by atoms with Gasteiger partial charge in [0.1, 0.15) is 10.3 Å². The van der Waals surface area contributed by atoms with Gasteiger partial charge in [-0.15, -0.1) is 0 Å². The van der Waals surface area contributed by atoms with Crippen LogP contribution in [0.4, 0.5) is 0 Å². The van der Waals surface area contributed by atoms with E-state index < -0.39 is 0 Å². The Kier molecular flexibility index (Phi) is 5.09. The first kappa shape index (κ1) is 13.6. The lowest BCUT2D eigenvalue weighted by molar-refractivity contribution is -0.128. The summed E-state index contributed by atoms with van der Waals surface area (Å²) < 4.78 is 0.606. The molecular formula is C11H14BrN3O2. The van der Waals surface area contributed by atoms with Gasteiger partial charge in [-0.05, 0) is 28.1 Å². The van der Waals surface area contributed by atoms with Gasteiger partial charge in [-0.25, -0.2) is 4.98 Å². The molecule has 0 saturated carbocycles. The summed E-state index contributed by atoms with van der Waals surface area (Å²) in [4.78, 5) is 28.4. The van der Waals surface area contributed by atoms with E-state index in [0.29, 0.717) is 16.8 Å². The topological polar surface area (TPSA) is 62.3 Å². The summed E-state index contributed by atoms with van der Waals surface area (Å²) in [6.45, 7) is 0.310. The average Bonchev–Trinajstić information content (AvgIpc) is 2.28. The van der Waals surface area contributed by atoms with Gasteiger partial charge >= 0.3 is 0 Å². The first-order chi connectivity index (χ1) is 8.00. The minimum Gasteiger partial charge on any atom is -0.350 e. The third-order valence-corrected chi connectivity index (χ3v) is 2.51. The summed E-state index contributed by atoms with van der Waals surface area (Å²) in [5.41, 5.74) is 0.330. The number of carbonyl (C=O) groups excluding carboxylic acids is 2. The number of hydrogen-bond donors (Lipinski definition) is 1. The first-order valence-corrected chi connectivity index (χ1v) is 5.91. The molecule has 0 aliphatic rings. The second-order valence-electron chi connectivity index (χ2n) is 3.64. The Morgan fingerprint density at radius 1 is 1.41 bits per heavy atom. The Balaban J connectivity index is 2.43. The van der Waals surface area contributed by atoms with Crippen molar-refractivity contribution < 1.29 is 9.59 Å². The fourth-order valence-corrected chi connectivity index (χ4v) is 1.48. The smallest absolute Gasteiger partial charge is 0.269 e. The number of nitrogens with zero attached hydrogens (tertiary/aromatic N) is 2. The van der Waals surface area contributed by atoms with Crippen LogP contribution in [0.1, 0.15) is 16.9 Å². The van der Waals surface area contributed by atoms with E-state index >= 15 is 0 Å². The van der Waals surface area contributed by atoms with Gasteiger partial charge in [-0.3, -0.25) is 9.59 Å². The van der Waals surface area contributed by atoms with Crippen molar-refractivity contribution in [3.05, 3.63) is 28.5 Å². The standard InChI is InChI=1S/C11H14BrN3O2/c1-15(2)10(16)6-7-13-11(17)8-4-3-5-9(12)14-8/h3-5H,6-7H2,1-2H3,(H,13,17). The molecule has 0 saturated heterocycles. The molecule has 92 valence electrons. The molecule has 0 radical (unpaired) electrons. The molecule has 0 aliphatic heterocycles. The number of rotatable bonds is 4. The van der Waals surface area contributed by atoms with E-state index in [0.717, 1.165) is 0 Å². The molecule has 0 unspecified atom stereocenters. The highest BCUT2D eigenvalue weighted by molar-refractivity contribution is 9.10. The largest absolute Gasteiger partial charge is 0.350 e. The van der Waals surface area contributed by atoms with Crippen LogP contribution in [0, 0.1) is 0 Å². The molecule has 0 aromatic carbocycles. The van der Waals surface area contributed by atoms with Crippen molar-refractivity contribution in [3.8, 4) is 0 Å². The second kappa shape index (κ2) is 6.34. The molecule has 5 nitrogen and oxygen atoms in total. The lowest BCUT2D eigenvalue weighted by Gasteiger charge is -2.10. The van der Waals surface area contributed by atoms with E-state index in [9.17, 15) is 9.59 Å². The molecule has 1 heterocycles. The molecule has 0 bridgehead atoms. The summed E-state index contributed by atoms with van der Waals surface area (Å²) in [5, 5.41) is 2.64. The molecule has 1 aromatic rings. The molecule has 1 N–H and O–H groups in total. The predicted octanol–water partition coefficient (Wildman–Crippen LogP) is 1.05. The van der Waals surface area contributed by atoms with Gasteiger partial charge in [-0.2, -0.15) is 0 Å². The van der Waals surface area contributed by atoms with Gasteiger partial charge < -0.3 is 10.2 Å². The highest BCUT2D eigenvalue weighted by Gasteiger charge is 2.08. The highest BCUT2D eigenvalue weighted by Crippen LogP contribution is 2.05. The maximum Gasteiger partial charge on any atom is 0.269 e. The van der Waals surface area contributed by atoms with Gasteiger partial charge in [-0.1, -0.05) is 6.07 Å². The van der Waals surface area contributed by atoms with Crippen molar-refractivity contribution >= 4 is 27.7 Å². The van der Waals surface area contributed by atoms with Crippen molar-refractivity contribution in [1.82, 2.24) is 15.2 Å². The number of halogens is 1. The number of hydrogen-bond acceptors (Lipinski definition) is 3. The van der Waals surface area contributed by atoms with E-state index in [-0.39, 0.29) is 18.2 Å². The monoisotopic (exact) mass is 299 g/mol. The second-order valence-corrected chi connectivity index (χ2v) is 4.45. The normalized spacial score (nSPS) is 9.82. The average molecular weight is 300 g/mol. The first-order valence-electron chi connectivity index (χ1n) is 5.11. The summed E-state index contributed by atoms with van der Waals surface area (Å²) in [7, 11) is 3.36. The minimum atomic E-state index is -0.280. The SMILES string of the molecule is CN(C)C(=O)CCNC(=O)c1cccc(Br)n1. The number of aromatic nitrogens is 1. The maximum atomic E-state index is 11.6.